The van der Waals surface area contributed by atoms with Crippen LogP contribution >= 0.6 is 23.1 Å². The highest BCUT2D eigenvalue weighted by Crippen LogP contribution is 2.31. The van der Waals surface area contributed by atoms with Gasteiger partial charge >= 0.3 is 0 Å². The molecule has 7 nitrogen and oxygen atoms in total. The smallest absolute Gasteiger partial charge is 0.244 e. The van der Waals surface area contributed by atoms with Gasteiger partial charge in [-0.05, 0) is 18.2 Å². The molecule has 2 aliphatic rings. The zero-order chi connectivity index (χ0) is 17.2. The fraction of sp³-hybridized carbons (Fsp3) is 0.438. The normalized spacial score (nSPS) is 18.2. The molecule has 4 rings (SSSR count). The zero-order valence-electron chi connectivity index (χ0n) is 13.6. The fourth-order valence-corrected chi connectivity index (χ4v) is 4.75. The van der Waals surface area contributed by atoms with Crippen molar-refractivity contribution in [3.63, 3.8) is 0 Å². The van der Waals surface area contributed by atoms with Crippen LogP contribution in [0.15, 0.2) is 18.2 Å². The summed E-state index contributed by atoms with van der Waals surface area (Å²) in [7, 11) is 0. The number of thioether (sulfide) groups is 1. The van der Waals surface area contributed by atoms with Crippen molar-refractivity contribution in [3.8, 4) is 0 Å². The molecule has 1 N–H and O–H groups in total. The molecule has 0 unspecified atom stereocenters. The van der Waals surface area contributed by atoms with Crippen LogP contribution in [0.5, 0.6) is 0 Å². The number of benzene rings is 1. The van der Waals surface area contributed by atoms with Gasteiger partial charge in [0.2, 0.25) is 11.8 Å². The molecule has 2 amide bonds. The van der Waals surface area contributed by atoms with Crippen molar-refractivity contribution in [2.24, 2.45) is 0 Å². The van der Waals surface area contributed by atoms with Crippen LogP contribution in [0.3, 0.4) is 0 Å². The first-order chi connectivity index (χ1) is 12.2. The van der Waals surface area contributed by atoms with Gasteiger partial charge in [0, 0.05) is 18.8 Å². The van der Waals surface area contributed by atoms with Gasteiger partial charge in [-0.2, -0.15) is 0 Å². The standard InChI is InChI=1S/C16H18N4O3S2/c21-14(8-20-10-24-9-15(20)22)17-11-1-2-12-13(7-11)25-16(18-12)19-3-5-23-6-4-19/h1-2,7H,3-6,8-10H2,(H,17,21). The van der Waals surface area contributed by atoms with E-state index in [4.69, 9.17) is 4.74 Å². The van der Waals surface area contributed by atoms with Gasteiger partial charge in [0.15, 0.2) is 5.13 Å². The molecule has 0 spiro atoms. The van der Waals surface area contributed by atoms with Crippen molar-refractivity contribution < 1.29 is 14.3 Å². The summed E-state index contributed by atoms with van der Waals surface area (Å²) in [5.41, 5.74) is 1.66. The van der Waals surface area contributed by atoms with E-state index < -0.39 is 0 Å². The van der Waals surface area contributed by atoms with E-state index in [1.807, 2.05) is 18.2 Å². The van der Waals surface area contributed by atoms with E-state index in [0.717, 1.165) is 47.3 Å². The lowest BCUT2D eigenvalue weighted by Crippen LogP contribution is -2.36. The molecule has 0 saturated carbocycles. The number of thiazole rings is 1. The highest BCUT2D eigenvalue weighted by atomic mass is 32.2. The highest BCUT2D eigenvalue weighted by Gasteiger charge is 2.23. The molecule has 2 aromatic rings. The molecular weight excluding hydrogens is 360 g/mol. The van der Waals surface area contributed by atoms with Crippen molar-refractivity contribution in [3.05, 3.63) is 18.2 Å². The number of hydrogen-bond acceptors (Lipinski definition) is 7. The number of hydrogen-bond donors (Lipinski definition) is 1. The molecule has 0 aliphatic carbocycles. The summed E-state index contributed by atoms with van der Waals surface area (Å²) >= 11 is 3.15. The van der Waals surface area contributed by atoms with Crippen LogP contribution in [0, 0.1) is 0 Å². The van der Waals surface area contributed by atoms with E-state index in [1.54, 1.807) is 16.2 Å². The fourth-order valence-electron chi connectivity index (χ4n) is 2.79. The number of fused-ring (bicyclic) bond motifs is 1. The van der Waals surface area contributed by atoms with Gasteiger partial charge in [0.25, 0.3) is 0 Å². The van der Waals surface area contributed by atoms with Crippen LogP contribution in [0.1, 0.15) is 0 Å². The number of nitrogens with one attached hydrogen (secondary N) is 1. The second-order valence-electron chi connectivity index (χ2n) is 5.90. The van der Waals surface area contributed by atoms with E-state index in [9.17, 15) is 9.59 Å². The molecule has 0 bridgehead atoms. The van der Waals surface area contributed by atoms with Crippen molar-refractivity contribution in [2.75, 3.05) is 54.7 Å². The Morgan fingerprint density at radius 1 is 1.32 bits per heavy atom. The molecule has 0 radical (unpaired) electrons. The summed E-state index contributed by atoms with van der Waals surface area (Å²) in [6, 6.07) is 5.71. The Kier molecular flexibility index (Phi) is 4.78. The van der Waals surface area contributed by atoms with Gasteiger partial charge in [-0.15, -0.1) is 11.8 Å². The summed E-state index contributed by atoms with van der Waals surface area (Å²) in [6.07, 6.45) is 0. The van der Waals surface area contributed by atoms with Crippen LogP contribution < -0.4 is 10.2 Å². The molecule has 132 valence electrons. The average Bonchev–Trinajstić information content (AvgIpc) is 3.22. The number of nitrogens with zero attached hydrogens (tertiary/aromatic N) is 3. The predicted octanol–water partition coefficient (Wildman–Crippen LogP) is 1.60. The van der Waals surface area contributed by atoms with Gasteiger partial charge < -0.3 is 19.9 Å². The van der Waals surface area contributed by atoms with Crippen LogP contribution in [0.2, 0.25) is 0 Å². The van der Waals surface area contributed by atoms with Gasteiger partial charge in [-0.25, -0.2) is 4.98 Å². The number of amides is 2. The summed E-state index contributed by atoms with van der Waals surface area (Å²) in [4.78, 5) is 32.2. The number of morpholine rings is 1. The lowest BCUT2D eigenvalue weighted by molar-refractivity contribution is -0.130. The molecule has 1 aromatic heterocycles. The van der Waals surface area contributed by atoms with Gasteiger partial charge in [0.1, 0.15) is 6.54 Å². The number of aromatic nitrogens is 1. The van der Waals surface area contributed by atoms with E-state index in [1.165, 1.54) is 11.8 Å². The molecule has 3 heterocycles. The molecule has 1 aromatic carbocycles. The Labute approximate surface area is 153 Å². The maximum atomic E-state index is 12.2. The molecular formula is C16H18N4O3S2. The quantitative estimate of drug-likeness (QED) is 0.871. The maximum Gasteiger partial charge on any atom is 0.244 e. The minimum atomic E-state index is -0.173. The average molecular weight is 378 g/mol. The number of carbonyl (C=O) groups is 2. The lowest BCUT2D eigenvalue weighted by atomic mass is 10.3. The summed E-state index contributed by atoms with van der Waals surface area (Å²) in [5.74, 6) is 0.898. The van der Waals surface area contributed by atoms with Crippen LogP contribution in [0.4, 0.5) is 10.8 Å². The number of anilines is 2. The van der Waals surface area contributed by atoms with E-state index in [-0.39, 0.29) is 18.4 Å². The van der Waals surface area contributed by atoms with Gasteiger partial charge in [-0.1, -0.05) is 11.3 Å². The van der Waals surface area contributed by atoms with Gasteiger partial charge in [-0.3, -0.25) is 9.59 Å². The maximum absolute atomic E-state index is 12.2. The molecule has 25 heavy (non-hydrogen) atoms. The minimum absolute atomic E-state index is 0.0215. The third-order valence-electron chi connectivity index (χ3n) is 4.10. The number of rotatable bonds is 4. The summed E-state index contributed by atoms with van der Waals surface area (Å²) in [6.45, 7) is 3.26. The minimum Gasteiger partial charge on any atom is -0.378 e. The van der Waals surface area contributed by atoms with E-state index in [0.29, 0.717) is 11.6 Å². The largest absolute Gasteiger partial charge is 0.378 e. The Balaban J connectivity index is 1.45. The highest BCUT2D eigenvalue weighted by molar-refractivity contribution is 8.00. The lowest BCUT2D eigenvalue weighted by Gasteiger charge is -2.25. The molecule has 9 heteroatoms. The molecule has 2 aliphatic heterocycles. The first-order valence-corrected chi connectivity index (χ1v) is 10.0. The first kappa shape index (κ1) is 16.6. The SMILES string of the molecule is O=C(CN1CSCC1=O)Nc1ccc2nc(N3CCOCC3)sc2c1. The summed E-state index contributed by atoms with van der Waals surface area (Å²) < 4.78 is 6.41. The molecule has 0 atom stereocenters. The van der Waals surface area contributed by atoms with Crippen molar-refractivity contribution in [2.45, 2.75) is 0 Å². The van der Waals surface area contributed by atoms with Crippen molar-refractivity contribution in [1.29, 1.82) is 0 Å². The topological polar surface area (TPSA) is 74.8 Å². The predicted molar refractivity (Wildman–Crippen MR) is 100 cm³/mol. The third-order valence-corrected chi connectivity index (χ3v) is 6.13. The van der Waals surface area contributed by atoms with Gasteiger partial charge in [0.05, 0.1) is 35.1 Å². The molecule has 2 saturated heterocycles. The second kappa shape index (κ2) is 7.19. The van der Waals surface area contributed by atoms with Crippen molar-refractivity contribution in [1.82, 2.24) is 9.88 Å². The van der Waals surface area contributed by atoms with E-state index >= 15 is 0 Å². The second-order valence-corrected chi connectivity index (χ2v) is 7.86. The third kappa shape index (κ3) is 3.73. The van der Waals surface area contributed by atoms with Crippen LogP contribution in [0.25, 0.3) is 10.2 Å². The Morgan fingerprint density at radius 3 is 2.92 bits per heavy atom. The summed E-state index contributed by atoms with van der Waals surface area (Å²) in [5, 5.41) is 3.86. The Morgan fingerprint density at radius 2 is 2.16 bits per heavy atom. The zero-order valence-corrected chi connectivity index (χ0v) is 15.2. The van der Waals surface area contributed by atoms with Crippen LogP contribution in [-0.4, -0.2) is 66.2 Å². The molecule has 2 fully saturated rings. The van der Waals surface area contributed by atoms with Crippen molar-refractivity contribution >= 4 is 55.9 Å². The Hall–Kier alpha value is -1.84. The van der Waals surface area contributed by atoms with Crippen LogP contribution in [-0.2, 0) is 14.3 Å². The first-order valence-electron chi connectivity index (χ1n) is 8.08. The number of carbonyl (C=O) groups excluding carboxylic acids is 2. The van der Waals surface area contributed by atoms with E-state index in [2.05, 4.69) is 15.2 Å². The Bertz CT molecular complexity index is 804. The monoisotopic (exact) mass is 378 g/mol. The number of ether oxygens (including phenoxy) is 1.